The Balaban J connectivity index is 1.39. The summed E-state index contributed by atoms with van der Waals surface area (Å²) in [7, 11) is 1.89. The van der Waals surface area contributed by atoms with Crippen molar-refractivity contribution < 1.29 is 15.0 Å². The summed E-state index contributed by atoms with van der Waals surface area (Å²) in [5.74, 6) is 0.480. The summed E-state index contributed by atoms with van der Waals surface area (Å²) in [5, 5.41) is 25.2. The van der Waals surface area contributed by atoms with Crippen molar-refractivity contribution in [1.29, 1.82) is 0 Å². The number of aliphatic hydroxyl groups is 2. The third kappa shape index (κ3) is 2.47. The Labute approximate surface area is 158 Å². The third-order valence-electron chi connectivity index (χ3n) is 6.81. The summed E-state index contributed by atoms with van der Waals surface area (Å²) in [6.07, 6.45) is 1.70. The van der Waals surface area contributed by atoms with E-state index in [4.69, 9.17) is 0 Å². The van der Waals surface area contributed by atoms with Gasteiger partial charge in [-0.05, 0) is 36.3 Å². The van der Waals surface area contributed by atoms with Gasteiger partial charge in [-0.3, -0.25) is 9.48 Å². The molecule has 2 aromatic rings. The van der Waals surface area contributed by atoms with Gasteiger partial charge in [0.2, 0.25) is 0 Å². The number of aromatic nitrogens is 2. The second kappa shape index (κ2) is 5.91. The minimum atomic E-state index is -0.629. The molecule has 6 nitrogen and oxygen atoms in total. The molecule has 2 N–H and O–H groups in total. The molecular weight excluding hydrogens is 342 g/mol. The number of carbonyl (C=O) groups is 1. The highest BCUT2D eigenvalue weighted by Crippen LogP contribution is 2.68. The fraction of sp³-hybridized carbons (Fsp3) is 0.524. The standard InChI is InChI=1S/C21H25N3O3/c1-23-17(13-7-8-13)9-16(22-23)20(27)24-10-18(26)21(12-24)15(11-25)19(21)14-5-3-2-4-6-14/h2-6,9,13,15,18-19,25-26H,7-8,10-12H2,1H3/t15-,18+,19-,21-/m1/s1. The molecule has 2 aliphatic carbocycles. The molecule has 2 heterocycles. The number of likely N-dealkylation sites (tertiary alicyclic amines) is 1. The van der Waals surface area contributed by atoms with Gasteiger partial charge in [0, 0.05) is 43.8 Å². The van der Waals surface area contributed by atoms with Crippen molar-refractivity contribution in [3.63, 3.8) is 0 Å². The topological polar surface area (TPSA) is 78.6 Å². The summed E-state index contributed by atoms with van der Waals surface area (Å²) in [6.45, 7) is 0.787. The van der Waals surface area contributed by atoms with Gasteiger partial charge in [0.25, 0.3) is 5.91 Å². The molecule has 3 fully saturated rings. The second-order valence-corrected chi connectivity index (χ2v) is 8.34. The van der Waals surface area contributed by atoms with Crippen LogP contribution in [0.25, 0.3) is 0 Å². The number of hydrogen-bond donors (Lipinski definition) is 2. The van der Waals surface area contributed by atoms with Gasteiger partial charge in [-0.1, -0.05) is 30.3 Å². The Kier molecular flexibility index (Phi) is 3.71. The number of β-amino-alcohol motifs (C(OH)–C–C–N with tert-alkyl or cyclic N) is 1. The highest BCUT2D eigenvalue weighted by molar-refractivity contribution is 5.93. The average molecular weight is 367 g/mol. The molecule has 0 radical (unpaired) electrons. The first kappa shape index (κ1) is 17.0. The second-order valence-electron chi connectivity index (χ2n) is 8.34. The Morgan fingerprint density at radius 3 is 2.70 bits per heavy atom. The summed E-state index contributed by atoms with van der Waals surface area (Å²) >= 11 is 0. The van der Waals surface area contributed by atoms with Crippen molar-refractivity contribution in [2.24, 2.45) is 18.4 Å². The van der Waals surface area contributed by atoms with Crippen molar-refractivity contribution >= 4 is 5.91 Å². The molecule has 0 unspecified atom stereocenters. The maximum Gasteiger partial charge on any atom is 0.274 e. The molecular formula is C21H25N3O3. The van der Waals surface area contributed by atoms with Crippen LogP contribution in [0.5, 0.6) is 0 Å². The van der Waals surface area contributed by atoms with E-state index in [1.807, 2.05) is 48.1 Å². The number of benzene rings is 1. The van der Waals surface area contributed by atoms with E-state index in [9.17, 15) is 15.0 Å². The number of aryl methyl sites for hydroxylation is 1. The maximum atomic E-state index is 13.0. The molecule has 2 saturated carbocycles. The van der Waals surface area contributed by atoms with Gasteiger partial charge in [-0.15, -0.1) is 0 Å². The van der Waals surface area contributed by atoms with Crippen molar-refractivity contribution in [2.75, 3.05) is 19.7 Å². The van der Waals surface area contributed by atoms with E-state index in [-0.39, 0.29) is 24.3 Å². The molecule has 1 aromatic carbocycles. The van der Waals surface area contributed by atoms with E-state index in [1.165, 1.54) is 0 Å². The summed E-state index contributed by atoms with van der Waals surface area (Å²) in [6, 6.07) is 11.9. The van der Waals surface area contributed by atoms with Crippen LogP contribution in [0.3, 0.4) is 0 Å². The highest BCUT2D eigenvalue weighted by atomic mass is 16.3. The van der Waals surface area contributed by atoms with Gasteiger partial charge in [-0.2, -0.15) is 5.10 Å². The largest absolute Gasteiger partial charge is 0.396 e. The van der Waals surface area contributed by atoms with Crippen LogP contribution < -0.4 is 0 Å². The van der Waals surface area contributed by atoms with Crippen LogP contribution in [-0.4, -0.2) is 56.6 Å². The molecule has 3 aliphatic rings. The van der Waals surface area contributed by atoms with E-state index in [1.54, 1.807) is 4.90 Å². The van der Waals surface area contributed by atoms with Crippen LogP contribution in [0.15, 0.2) is 36.4 Å². The zero-order chi connectivity index (χ0) is 18.8. The number of hydrogen-bond acceptors (Lipinski definition) is 4. The monoisotopic (exact) mass is 367 g/mol. The molecule has 1 aromatic heterocycles. The number of carbonyl (C=O) groups excluding carboxylic acids is 1. The van der Waals surface area contributed by atoms with Crippen molar-refractivity contribution in [2.45, 2.75) is 30.8 Å². The molecule has 5 rings (SSSR count). The first-order valence-electron chi connectivity index (χ1n) is 9.73. The fourth-order valence-electron chi connectivity index (χ4n) is 5.23. The van der Waals surface area contributed by atoms with Gasteiger partial charge in [0.05, 0.1) is 6.10 Å². The van der Waals surface area contributed by atoms with Crippen molar-refractivity contribution in [3.8, 4) is 0 Å². The quantitative estimate of drug-likeness (QED) is 0.859. The summed E-state index contributed by atoms with van der Waals surface area (Å²) < 4.78 is 1.81. The van der Waals surface area contributed by atoms with E-state index in [0.29, 0.717) is 24.7 Å². The van der Waals surface area contributed by atoms with Gasteiger partial charge in [-0.25, -0.2) is 0 Å². The van der Waals surface area contributed by atoms with Crippen LogP contribution >= 0.6 is 0 Å². The van der Waals surface area contributed by atoms with Gasteiger partial charge in [0.1, 0.15) is 0 Å². The highest BCUT2D eigenvalue weighted by Gasteiger charge is 2.71. The molecule has 0 bridgehead atoms. The maximum absolute atomic E-state index is 13.0. The zero-order valence-corrected chi connectivity index (χ0v) is 15.5. The van der Waals surface area contributed by atoms with Gasteiger partial charge in [0.15, 0.2) is 5.69 Å². The lowest BCUT2D eigenvalue weighted by Gasteiger charge is -2.15. The molecule has 27 heavy (non-hydrogen) atoms. The summed E-state index contributed by atoms with van der Waals surface area (Å²) in [4.78, 5) is 14.7. The van der Waals surface area contributed by atoms with E-state index in [2.05, 4.69) is 5.10 Å². The van der Waals surface area contributed by atoms with Crippen LogP contribution in [-0.2, 0) is 7.05 Å². The first-order valence-corrected chi connectivity index (χ1v) is 9.73. The predicted molar refractivity (Wildman–Crippen MR) is 99.3 cm³/mol. The number of aliphatic hydroxyl groups excluding tert-OH is 2. The van der Waals surface area contributed by atoms with Crippen LogP contribution in [0.1, 0.15) is 46.4 Å². The van der Waals surface area contributed by atoms with Gasteiger partial charge >= 0.3 is 0 Å². The average Bonchev–Trinajstić information content (AvgIpc) is 3.55. The lowest BCUT2D eigenvalue weighted by Crippen LogP contribution is -2.30. The molecule has 1 spiro atoms. The Morgan fingerprint density at radius 1 is 1.30 bits per heavy atom. The third-order valence-corrected chi connectivity index (χ3v) is 6.81. The molecule has 6 heteroatoms. The SMILES string of the molecule is Cn1nc(C(=O)N2C[C@H](O)[C@@]3(C2)[C@H](CO)[C@H]3c2ccccc2)cc1C1CC1. The smallest absolute Gasteiger partial charge is 0.274 e. The number of amides is 1. The van der Waals surface area contributed by atoms with Gasteiger partial charge < -0.3 is 15.1 Å². The van der Waals surface area contributed by atoms with E-state index >= 15 is 0 Å². The zero-order valence-electron chi connectivity index (χ0n) is 15.5. The van der Waals surface area contributed by atoms with Crippen LogP contribution in [0.4, 0.5) is 0 Å². The molecule has 1 amide bonds. The fourth-order valence-corrected chi connectivity index (χ4v) is 5.23. The minimum absolute atomic E-state index is 0.0153. The van der Waals surface area contributed by atoms with Crippen LogP contribution in [0.2, 0.25) is 0 Å². The summed E-state index contributed by atoms with van der Waals surface area (Å²) in [5.41, 5.74) is 2.26. The molecule has 4 atom stereocenters. The van der Waals surface area contributed by atoms with Crippen LogP contribution in [0, 0.1) is 11.3 Å². The Hall–Kier alpha value is -2.18. The lowest BCUT2D eigenvalue weighted by molar-refractivity contribution is 0.0757. The Morgan fingerprint density at radius 2 is 2.04 bits per heavy atom. The van der Waals surface area contributed by atoms with Crippen molar-refractivity contribution in [1.82, 2.24) is 14.7 Å². The predicted octanol–water partition coefficient (Wildman–Crippen LogP) is 1.51. The van der Waals surface area contributed by atoms with E-state index < -0.39 is 11.5 Å². The lowest BCUT2D eigenvalue weighted by atomic mass is 9.95. The Bertz CT molecular complexity index is 876. The minimum Gasteiger partial charge on any atom is -0.396 e. The molecule has 1 aliphatic heterocycles. The van der Waals surface area contributed by atoms with Crippen molar-refractivity contribution in [3.05, 3.63) is 53.3 Å². The molecule has 1 saturated heterocycles. The molecule has 142 valence electrons. The van der Waals surface area contributed by atoms with E-state index in [0.717, 1.165) is 24.1 Å². The normalized spacial score (nSPS) is 32.3. The number of nitrogens with zero attached hydrogens (tertiary/aromatic N) is 3. The first-order chi connectivity index (χ1) is 13.1. The number of rotatable bonds is 4.